The molecular weight excluding hydrogens is 390 g/mol. The normalized spacial score (nSPS) is 27.9. The van der Waals surface area contributed by atoms with Gasteiger partial charge >= 0.3 is 0 Å². The van der Waals surface area contributed by atoms with Gasteiger partial charge in [0.2, 0.25) is 6.79 Å². The first-order valence-corrected chi connectivity index (χ1v) is 11.5. The van der Waals surface area contributed by atoms with Gasteiger partial charge in [-0.2, -0.15) is 0 Å². The topological polar surface area (TPSA) is 54.0 Å². The van der Waals surface area contributed by atoms with E-state index in [0.29, 0.717) is 29.6 Å². The third-order valence-electron chi connectivity index (χ3n) is 7.59. The van der Waals surface area contributed by atoms with Crippen molar-refractivity contribution < 1.29 is 14.3 Å². The molecule has 6 nitrogen and oxygen atoms in total. The van der Waals surface area contributed by atoms with Crippen molar-refractivity contribution in [2.24, 2.45) is 11.8 Å². The minimum Gasteiger partial charge on any atom is -0.454 e. The van der Waals surface area contributed by atoms with Gasteiger partial charge in [0.25, 0.3) is 5.91 Å². The number of hydrogen-bond acceptors (Lipinski definition) is 5. The van der Waals surface area contributed by atoms with E-state index in [9.17, 15) is 4.79 Å². The first kappa shape index (κ1) is 19.0. The van der Waals surface area contributed by atoms with Gasteiger partial charge in [-0.05, 0) is 67.5 Å². The molecule has 2 aromatic rings. The van der Waals surface area contributed by atoms with E-state index < -0.39 is 0 Å². The molecule has 0 spiro atoms. The lowest BCUT2D eigenvalue weighted by molar-refractivity contribution is 0.00495. The number of carbonyl (C=O) groups is 1. The maximum atomic E-state index is 12.7. The molecule has 1 N–H and O–H groups in total. The van der Waals surface area contributed by atoms with Crippen LogP contribution in [0.4, 0.5) is 5.69 Å². The predicted molar refractivity (Wildman–Crippen MR) is 119 cm³/mol. The number of benzene rings is 2. The van der Waals surface area contributed by atoms with Gasteiger partial charge in [-0.3, -0.25) is 9.69 Å². The highest BCUT2D eigenvalue weighted by Gasteiger charge is 2.41. The van der Waals surface area contributed by atoms with Gasteiger partial charge in [0, 0.05) is 43.5 Å². The summed E-state index contributed by atoms with van der Waals surface area (Å²) in [5, 5.41) is 3.16. The zero-order valence-corrected chi connectivity index (χ0v) is 17.8. The number of nitrogens with zero attached hydrogens (tertiary/aromatic N) is 2. The predicted octanol–water partition coefficient (Wildman–Crippen LogP) is 2.92. The van der Waals surface area contributed by atoms with Crippen molar-refractivity contribution in [3.8, 4) is 11.5 Å². The van der Waals surface area contributed by atoms with Crippen molar-refractivity contribution >= 4 is 11.6 Å². The number of para-hydroxylation sites is 1. The zero-order valence-electron chi connectivity index (χ0n) is 17.8. The number of rotatable bonds is 5. The minimum atomic E-state index is -0.0360. The van der Waals surface area contributed by atoms with Crippen molar-refractivity contribution in [1.82, 2.24) is 10.2 Å². The average molecular weight is 420 g/mol. The Balaban J connectivity index is 1.05. The lowest BCUT2D eigenvalue weighted by atomic mass is 9.75. The molecule has 162 valence electrons. The SMILES string of the molecule is O=C(NC[C@H]1C[C@@H]2CCN1C[C@@H]2CN1CCc2ccccc21)c1ccc2c(c1)OCO2. The minimum absolute atomic E-state index is 0.0360. The Morgan fingerprint density at radius 2 is 2.00 bits per heavy atom. The molecule has 6 heteroatoms. The molecule has 31 heavy (non-hydrogen) atoms. The number of ether oxygens (including phenoxy) is 2. The van der Waals surface area contributed by atoms with Crippen molar-refractivity contribution in [1.29, 1.82) is 0 Å². The van der Waals surface area contributed by atoms with E-state index in [4.69, 9.17) is 9.47 Å². The molecule has 0 aliphatic carbocycles. The summed E-state index contributed by atoms with van der Waals surface area (Å²) in [6.45, 7) is 5.55. The lowest BCUT2D eigenvalue weighted by Gasteiger charge is -2.51. The first-order valence-electron chi connectivity index (χ1n) is 11.5. The molecule has 5 heterocycles. The number of carbonyl (C=O) groups excluding carboxylic acids is 1. The maximum Gasteiger partial charge on any atom is 0.251 e. The smallest absolute Gasteiger partial charge is 0.251 e. The molecule has 3 saturated heterocycles. The van der Waals surface area contributed by atoms with Gasteiger partial charge in [-0.15, -0.1) is 0 Å². The second kappa shape index (κ2) is 7.75. The van der Waals surface area contributed by atoms with Gasteiger partial charge in [-0.1, -0.05) is 18.2 Å². The van der Waals surface area contributed by atoms with Crippen LogP contribution < -0.4 is 19.7 Å². The van der Waals surface area contributed by atoms with Gasteiger partial charge in [0.15, 0.2) is 11.5 Å². The summed E-state index contributed by atoms with van der Waals surface area (Å²) in [4.78, 5) is 17.9. The molecule has 5 aliphatic heterocycles. The summed E-state index contributed by atoms with van der Waals surface area (Å²) >= 11 is 0. The molecule has 5 aliphatic rings. The van der Waals surface area contributed by atoms with Gasteiger partial charge in [-0.25, -0.2) is 0 Å². The monoisotopic (exact) mass is 419 g/mol. The number of anilines is 1. The Morgan fingerprint density at radius 3 is 2.90 bits per heavy atom. The van der Waals surface area contributed by atoms with Crippen LogP contribution >= 0.6 is 0 Å². The lowest BCUT2D eigenvalue weighted by Crippen LogP contribution is -2.58. The molecular formula is C25H29N3O3. The first-order chi connectivity index (χ1) is 15.2. The quantitative estimate of drug-likeness (QED) is 0.808. The van der Waals surface area contributed by atoms with Crippen LogP contribution in [-0.4, -0.2) is 56.4 Å². The standard InChI is InChI=1S/C25H29N3O3/c29-25(19-5-6-23-24(12-19)31-16-30-23)26-13-21-11-18-8-9-27(21)14-20(18)15-28-10-7-17-3-1-2-4-22(17)28/h1-6,12,18,20-21H,7-11,13-16H2,(H,26,29)/t18-,20+,21+/m0/s1. The van der Waals surface area contributed by atoms with Crippen LogP contribution in [0.3, 0.4) is 0 Å². The van der Waals surface area contributed by atoms with Crippen LogP contribution in [0.2, 0.25) is 0 Å². The van der Waals surface area contributed by atoms with Crippen LogP contribution in [0, 0.1) is 11.8 Å². The number of amides is 1. The molecule has 2 aromatic carbocycles. The highest BCUT2D eigenvalue weighted by Crippen LogP contribution is 2.38. The molecule has 1 unspecified atom stereocenters. The van der Waals surface area contributed by atoms with E-state index in [-0.39, 0.29) is 12.7 Å². The molecule has 1 amide bonds. The van der Waals surface area contributed by atoms with E-state index in [0.717, 1.165) is 38.0 Å². The molecule has 4 atom stereocenters. The molecule has 0 saturated carbocycles. The summed E-state index contributed by atoms with van der Waals surface area (Å²) in [7, 11) is 0. The molecule has 0 aromatic heterocycles. The summed E-state index contributed by atoms with van der Waals surface area (Å²) in [6.07, 6.45) is 3.64. The van der Waals surface area contributed by atoms with E-state index in [2.05, 4.69) is 39.4 Å². The second-order valence-electron chi connectivity index (χ2n) is 9.30. The summed E-state index contributed by atoms with van der Waals surface area (Å²) in [6, 6.07) is 14.7. The van der Waals surface area contributed by atoms with Crippen LogP contribution in [-0.2, 0) is 6.42 Å². The fraction of sp³-hybridized carbons (Fsp3) is 0.480. The van der Waals surface area contributed by atoms with E-state index >= 15 is 0 Å². The largest absolute Gasteiger partial charge is 0.454 e. The third kappa shape index (κ3) is 3.53. The Hall–Kier alpha value is -2.73. The molecule has 0 radical (unpaired) electrons. The Kier molecular flexibility index (Phi) is 4.75. The average Bonchev–Trinajstić information content (AvgIpc) is 3.45. The van der Waals surface area contributed by atoms with Gasteiger partial charge in [0.05, 0.1) is 0 Å². The number of nitrogens with one attached hydrogen (secondary N) is 1. The second-order valence-corrected chi connectivity index (χ2v) is 9.30. The van der Waals surface area contributed by atoms with Gasteiger partial charge < -0.3 is 19.7 Å². The molecule has 3 fully saturated rings. The van der Waals surface area contributed by atoms with Crippen LogP contribution in [0.5, 0.6) is 11.5 Å². The van der Waals surface area contributed by atoms with E-state index in [1.54, 1.807) is 12.1 Å². The third-order valence-corrected chi connectivity index (χ3v) is 7.59. The van der Waals surface area contributed by atoms with Crippen LogP contribution in [0.15, 0.2) is 42.5 Å². The van der Waals surface area contributed by atoms with Crippen LogP contribution in [0.1, 0.15) is 28.8 Å². The number of piperidine rings is 3. The van der Waals surface area contributed by atoms with Crippen molar-refractivity contribution in [2.75, 3.05) is 44.4 Å². The number of hydrogen-bond donors (Lipinski definition) is 1. The fourth-order valence-electron chi connectivity index (χ4n) is 5.90. The maximum absolute atomic E-state index is 12.7. The Morgan fingerprint density at radius 1 is 1.10 bits per heavy atom. The number of fused-ring (bicyclic) bond motifs is 5. The van der Waals surface area contributed by atoms with Crippen molar-refractivity contribution in [2.45, 2.75) is 25.3 Å². The fourth-order valence-corrected chi connectivity index (χ4v) is 5.90. The Labute approximate surface area is 183 Å². The van der Waals surface area contributed by atoms with Gasteiger partial charge in [0.1, 0.15) is 0 Å². The van der Waals surface area contributed by atoms with E-state index in [1.165, 1.54) is 30.5 Å². The van der Waals surface area contributed by atoms with Crippen LogP contribution in [0.25, 0.3) is 0 Å². The summed E-state index contributed by atoms with van der Waals surface area (Å²) in [5.41, 5.74) is 3.56. The van der Waals surface area contributed by atoms with E-state index in [1.807, 2.05) is 6.07 Å². The molecule has 2 bridgehead atoms. The summed E-state index contributed by atoms with van der Waals surface area (Å²) in [5.74, 6) is 2.80. The Bertz CT molecular complexity index is 994. The highest BCUT2D eigenvalue weighted by molar-refractivity contribution is 5.94. The zero-order chi connectivity index (χ0) is 20.8. The molecule has 7 rings (SSSR count). The highest BCUT2D eigenvalue weighted by atomic mass is 16.7. The van der Waals surface area contributed by atoms with Crippen molar-refractivity contribution in [3.63, 3.8) is 0 Å². The van der Waals surface area contributed by atoms with Crippen molar-refractivity contribution in [3.05, 3.63) is 53.6 Å². The summed E-state index contributed by atoms with van der Waals surface area (Å²) < 4.78 is 10.7.